The van der Waals surface area contributed by atoms with Crippen molar-refractivity contribution in [1.82, 2.24) is 9.97 Å². The van der Waals surface area contributed by atoms with Gasteiger partial charge in [0, 0.05) is 24.2 Å². The number of carbonyl (C=O) groups is 1. The summed E-state index contributed by atoms with van der Waals surface area (Å²) in [5, 5.41) is 6.34. The van der Waals surface area contributed by atoms with Crippen LogP contribution >= 0.6 is 0 Å². The van der Waals surface area contributed by atoms with Gasteiger partial charge in [-0.15, -0.1) is 0 Å². The van der Waals surface area contributed by atoms with Crippen LogP contribution in [-0.4, -0.2) is 21.9 Å². The molecule has 0 fully saturated rings. The second kappa shape index (κ2) is 6.69. The largest absolute Gasteiger partial charge is 0.370 e. The molecule has 1 aromatic carbocycles. The molecular formula is C15H19N5O. The molecule has 1 aromatic heterocycles. The van der Waals surface area contributed by atoms with E-state index in [-0.39, 0.29) is 18.4 Å². The first-order valence-corrected chi connectivity index (χ1v) is 6.73. The molecule has 2 rings (SSSR count). The van der Waals surface area contributed by atoms with E-state index in [4.69, 9.17) is 5.73 Å². The van der Waals surface area contributed by atoms with Gasteiger partial charge >= 0.3 is 0 Å². The molecule has 4 N–H and O–H groups in total. The summed E-state index contributed by atoms with van der Waals surface area (Å²) in [6.07, 6.45) is 1.72. The van der Waals surface area contributed by atoms with Crippen LogP contribution in [0.3, 0.4) is 0 Å². The lowest BCUT2D eigenvalue weighted by molar-refractivity contribution is -0.118. The Kier molecular flexibility index (Phi) is 4.71. The number of nitrogens with one attached hydrogen (secondary N) is 2. The van der Waals surface area contributed by atoms with Crippen LogP contribution in [0.4, 0.5) is 17.3 Å². The molecule has 6 nitrogen and oxygen atoms in total. The Hall–Kier alpha value is -2.63. The number of aryl methyl sites for hydroxylation is 1. The standard InChI is InChI=1S/C15H19N5O/c1-10-4-3-5-12(6-10)20-15-8-14(17-9-18-15)19-11(2)7-13(16)21/h3-6,8-9,11H,7H2,1-2H3,(H2,16,21)(H2,17,18,19,20). The minimum absolute atomic E-state index is 0.0794. The van der Waals surface area contributed by atoms with E-state index in [1.165, 1.54) is 11.9 Å². The number of primary amides is 1. The van der Waals surface area contributed by atoms with Crippen LogP contribution in [-0.2, 0) is 4.79 Å². The summed E-state index contributed by atoms with van der Waals surface area (Å²) in [5.74, 6) is 0.987. The molecule has 0 aliphatic carbocycles. The van der Waals surface area contributed by atoms with E-state index in [9.17, 15) is 4.79 Å². The van der Waals surface area contributed by atoms with Crippen molar-refractivity contribution in [2.45, 2.75) is 26.3 Å². The second-order valence-corrected chi connectivity index (χ2v) is 5.00. The van der Waals surface area contributed by atoms with E-state index >= 15 is 0 Å². The monoisotopic (exact) mass is 285 g/mol. The molecule has 0 aliphatic heterocycles. The molecule has 2 aromatic rings. The van der Waals surface area contributed by atoms with Crippen molar-refractivity contribution < 1.29 is 4.79 Å². The average molecular weight is 285 g/mol. The summed E-state index contributed by atoms with van der Waals surface area (Å²) < 4.78 is 0. The first kappa shape index (κ1) is 14.8. The summed E-state index contributed by atoms with van der Waals surface area (Å²) in [7, 11) is 0. The zero-order chi connectivity index (χ0) is 15.2. The third-order valence-corrected chi connectivity index (χ3v) is 2.86. The summed E-state index contributed by atoms with van der Waals surface area (Å²) in [5.41, 5.74) is 7.30. The molecule has 0 saturated carbocycles. The van der Waals surface area contributed by atoms with Crippen LogP contribution in [0.1, 0.15) is 18.9 Å². The average Bonchev–Trinajstić information content (AvgIpc) is 2.37. The van der Waals surface area contributed by atoms with Gasteiger partial charge in [0.15, 0.2) is 0 Å². The Morgan fingerprint density at radius 1 is 1.29 bits per heavy atom. The first-order valence-electron chi connectivity index (χ1n) is 6.73. The fraction of sp³-hybridized carbons (Fsp3) is 0.267. The maximum Gasteiger partial charge on any atom is 0.219 e. The van der Waals surface area contributed by atoms with Gasteiger partial charge in [-0.1, -0.05) is 12.1 Å². The molecule has 0 bridgehead atoms. The molecule has 1 atom stereocenters. The SMILES string of the molecule is Cc1cccc(Nc2cc(NC(C)CC(N)=O)ncn2)c1. The molecule has 21 heavy (non-hydrogen) atoms. The fourth-order valence-corrected chi connectivity index (χ4v) is 1.98. The maximum atomic E-state index is 10.9. The molecule has 0 radical (unpaired) electrons. The number of nitrogens with two attached hydrogens (primary N) is 1. The lowest BCUT2D eigenvalue weighted by Crippen LogP contribution is -2.24. The number of carbonyl (C=O) groups excluding carboxylic acids is 1. The quantitative estimate of drug-likeness (QED) is 0.756. The number of nitrogens with zero attached hydrogens (tertiary/aromatic N) is 2. The van der Waals surface area contributed by atoms with Gasteiger partial charge in [-0.2, -0.15) is 0 Å². The smallest absolute Gasteiger partial charge is 0.219 e. The first-order chi connectivity index (χ1) is 10.0. The van der Waals surface area contributed by atoms with Gasteiger partial charge in [0.05, 0.1) is 0 Å². The van der Waals surface area contributed by atoms with Gasteiger partial charge in [-0.3, -0.25) is 4.79 Å². The van der Waals surface area contributed by atoms with Crippen LogP contribution in [0.15, 0.2) is 36.7 Å². The molecular weight excluding hydrogens is 266 g/mol. The predicted octanol–water partition coefficient (Wildman–Crippen LogP) is 2.20. The number of amides is 1. The second-order valence-electron chi connectivity index (χ2n) is 5.00. The number of rotatable bonds is 6. The van der Waals surface area contributed by atoms with Crippen molar-refractivity contribution in [3.05, 3.63) is 42.2 Å². The Balaban J connectivity index is 2.05. The fourth-order valence-electron chi connectivity index (χ4n) is 1.98. The Bertz CT molecular complexity index is 629. The highest BCUT2D eigenvalue weighted by molar-refractivity contribution is 5.74. The molecule has 1 unspecified atom stereocenters. The zero-order valence-corrected chi connectivity index (χ0v) is 12.1. The van der Waals surface area contributed by atoms with Crippen LogP contribution in [0.2, 0.25) is 0 Å². The van der Waals surface area contributed by atoms with Gasteiger partial charge in [-0.05, 0) is 31.5 Å². The van der Waals surface area contributed by atoms with Crippen molar-refractivity contribution in [3.63, 3.8) is 0 Å². The van der Waals surface area contributed by atoms with E-state index in [0.29, 0.717) is 11.6 Å². The predicted molar refractivity (Wildman–Crippen MR) is 83.4 cm³/mol. The van der Waals surface area contributed by atoms with E-state index in [1.807, 2.05) is 38.1 Å². The molecule has 0 aliphatic rings. The van der Waals surface area contributed by atoms with Gasteiger partial charge in [0.25, 0.3) is 0 Å². The Morgan fingerprint density at radius 2 is 2.05 bits per heavy atom. The molecule has 0 spiro atoms. The number of hydrogen-bond acceptors (Lipinski definition) is 5. The molecule has 1 amide bonds. The van der Waals surface area contributed by atoms with Gasteiger partial charge in [-0.25, -0.2) is 9.97 Å². The number of hydrogen-bond donors (Lipinski definition) is 3. The minimum atomic E-state index is -0.345. The highest BCUT2D eigenvalue weighted by Gasteiger charge is 2.07. The van der Waals surface area contributed by atoms with Crippen LogP contribution in [0.5, 0.6) is 0 Å². The minimum Gasteiger partial charge on any atom is -0.370 e. The summed E-state index contributed by atoms with van der Waals surface area (Å²) in [4.78, 5) is 19.2. The van der Waals surface area contributed by atoms with Crippen molar-refractivity contribution in [3.8, 4) is 0 Å². The molecule has 6 heteroatoms. The van der Waals surface area contributed by atoms with Crippen LogP contribution in [0.25, 0.3) is 0 Å². The molecule has 1 heterocycles. The van der Waals surface area contributed by atoms with Gasteiger partial charge in [0.2, 0.25) is 5.91 Å². The summed E-state index contributed by atoms with van der Waals surface area (Å²) >= 11 is 0. The molecule has 110 valence electrons. The van der Waals surface area contributed by atoms with Crippen molar-refractivity contribution in [2.24, 2.45) is 5.73 Å². The van der Waals surface area contributed by atoms with Crippen molar-refractivity contribution in [1.29, 1.82) is 0 Å². The normalized spacial score (nSPS) is 11.7. The Morgan fingerprint density at radius 3 is 2.76 bits per heavy atom. The van der Waals surface area contributed by atoms with E-state index < -0.39 is 0 Å². The summed E-state index contributed by atoms with van der Waals surface area (Å²) in [6, 6.07) is 9.73. The van der Waals surface area contributed by atoms with Crippen LogP contribution < -0.4 is 16.4 Å². The maximum absolute atomic E-state index is 10.9. The third-order valence-electron chi connectivity index (χ3n) is 2.86. The van der Waals surface area contributed by atoms with Gasteiger partial charge in [0.1, 0.15) is 18.0 Å². The highest BCUT2D eigenvalue weighted by atomic mass is 16.1. The summed E-state index contributed by atoms with van der Waals surface area (Å²) in [6.45, 7) is 3.91. The van der Waals surface area contributed by atoms with Crippen molar-refractivity contribution in [2.75, 3.05) is 10.6 Å². The van der Waals surface area contributed by atoms with E-state index in [1.54, 1.807) is 6.07 Å². The number of benzene rings is 1. The third kappa shape index (κ3) is 4.76. The van der Waals surface area contributed by atoms with E-state index in [0.717, 1.165) is 5.69 Å². The lowest BCUT2D eigenvalue weighted by Gasteiger charge is -2.13. The van der Waals surface area contributed by atoms with E-state index in [2.05, 4.69) is 20.6 Å². The van der Waals surface area contributed by atoms with Crippen molar-refractivity contribution >= 4 is 23.2 Å². The topological polar surface area (TPSA) is 92.9 Å². The zero-order valence-electron chi connectivity index (χ0n) is 12.1. The Labute approximate surface area is 123 Å². The number of anilines is 3. The number of aromatic nitrogens is 2. The van der Waals surface area contributed by atoms with Gasteiger partial charge < -0.3 is 16.4 Å². The van der Waals surface area contributed by atoms with Crippen LogP contribution in [0, 0.1) is 6.92 Å². The molecule has 0 saturated heterocycles. The lowest BCUT2D eigenvalue weighted by atomic mass is 10.2. The highest BCUT2D eigenvalue weighted by Crippen LogP contribution is 2.17.